The molecule has 0 saturated carbocycles. The van der Waals surface area contributed by atoms with Gasteiger partial charge in [0.05, 0.1) is 0 Å². The van der Waals surface area contributed by atoms with Gasteiger partial charge in [-0.15, -0.1) is 0 Å². The Balaban J connectivity index is 1.29. The molecule has 0 amide bonds. The third-order valence-corrected chi connectivity index (χ3v) is 5.59. The molecule has 0 spiro atoms. The highest BCUT2D eigenvalue weighted by molar-refractivity contribution is 5.85. The Morgan fingerprint density at radius 3 is 1.38 bits per heavy atom. The molecule has 6 rings (SSSR count). The van der Waals surface area contributed by atoms with Crippen LogP contribution in [0.15, 0.2) is 106 Å². The van der Waals surface area contributed by atoms with Crippen molar-refractivity contribution >= 4 is 22.2 Å². The predicted octanol–water partition coefficient (Wildman–Crippen LogP) is 6.82. The van der Waals surface area contributed by atoms with Crippen molar-refractivity contribution in [3.63, 3.8) is 0 Å². The van der Waals surface area contributed by atoms with E-state index in [0.717, 1.165) is 45.1 Å². The van der Waals surface area contributed by atoms with E-state index in [1.54, 1.807) is 0 Å². The van der Waals surface area contributed by atoms with Crippen molar-refractivity contribution in [3.05, 3.63) is 120 Å². The third kappa shape index (κ3) is 3.67. The van der Waals surface area contributed by atoms with Crippen molar-refractivity contribution in [2.24, 2.45) is 0 Å². The van der Waals surface area contributed by atoms with Crippen LogP contribution < -0.4 is 0 Å². The third-order valence-electron chi connectivity index (χ3n) is 5.59. The monoisotopic (exact) mass is 416 g/mol. The molecule has 4 heteroatoms. The van der Waals surface area contributed by atoms with Crippen LogP contribution in [0, 0.1) is 0 Å². The minimum Gasteiger partial charge on any atom is -0.440 e. The molecule has 0 aliphatic heterocycles. The fraction of sp³-hybridized carbons (Fsp3) is 0.0714. The highest BCUT2D eigenvalue weighted by atomic mass is 16.4. The van der Waals surface area contributed by atoms with Gasteiger partial charge in [0.1, 0.15) is 11.0 Å². The van der Waals surface area contributed by atoms with Crippen LogP contribution in [-0.4, -0.2) is 9.97 Å². The summed E-state index contributed by atoms with van der Waals surface area (Å²) in [6.07, 6.45) is 1.36. The second-order valence-corrected chi connectivity index (χ2v) is 7.90. The molecule has 154 valence electrons. The van der Waals surface area contributed by atoms with E-state index in [1.165, 1.54) is 11.1 Å². The minimum atomic E-state index is 0.680. The number of benzene rings is 4. The zero-order chi connectivity index (χ0) is 21.3. The van der Waals surface area contributed by atoms with Crippen LogP contribution in [0.2, 0.25) is 0 Å². The van der Waals surface area contributed by atoms with E-state index >= 15 is 0 Å². The summed E-state index contributed by atoms with van der Waals surface area (Å²) in [6, 6.07) is 32.7. The molecule has 2 aromatic heterocycles. The first-order valence-electron chi connectivity index (χ1n) is 10.7. The Bertz CT molecular complexity index is 1400. The van der Waals surface area contributed by atoms with Gasteiger partial charge in [-0.25, -0.2) is 9.97 Å². The Labute approximate surface area is 185 Å². The van der Waals surface area contributed by atoms with E-state index in [4.69, 9.17) is 18.8 Å². The zero-order valence-electron chi connectivity index (χ0n) is 17.4. The minimum absolute atomic E-state index is 0.680. The summed E-state index contributed by atoms with van der Waals surface area (Å²) in [6.45, 7) is 0. The molecular formula is C28H20N2O2. The molecule has 0 saturated heterocycles. The van der Waals surface area contributed by atoms with Gasteiger partial charge < -0.3 is 8.83 Å². The number of aromatic nitrogens is 2. The van der Waals surface area contributed by atoms with Crippen LogP contribution in [0.4, 0.5) is 0 Å². The number of fused-ring (bicyclic) bond motifs is 2. The van der Waals surface area contributed by atoms with Crippen LogP contribution in [-0.2, 0) is 12.8 Å². The quantitative estimate of drug-likeness (QED) is 0.309. The molecule has 4 nitrogen and oxygen atoms in total. The van der Waals surface area contributed by atoms with Crippen molar-refractivity contribution in [2.45, 2.75) is 12.8 Å². The Morgan fingerprint density at radius 1 is 0.500 bits per heavy atom. The first kappa shape index (κ1) is 18.6. The van der Waals surface area contributed by atoms with Gasteiger partial charge in [-0.3, -0.25) is 0 Å². The summed E-state index contributed by atoms with van der Waals surface area (Å²) in [5, 5.41) is 0. The fourth-order valence-electron chi connectivity index (χ4n) is 4.00. The fourth-order valence-corrected chi connectivity index (χ4v) is 4.00. The molecular weight excluding hydrogens is 396 g/mol. The highest BCUT2D eigenvalue weighted by Gasteiger charge is 2.11. The molecule has 0 fully saturated rings. The highest BCUT2D eigenvalue weighted by Crippen LogP contribution is 2.28. The van der Waals surface area contributed by atoms with Crippen molar-refractivity contribution < 1.29 is 8.83 Å². The second kappa shape index (κ2) is 7.82. The normalized spacial score (nSPS) is 11.4. The lowest BCUT2D eigenvalue weighted by Gasteiger charge is -2.00. The molecule has 0 radical (unpaired) electrons. The molecule has 0 atom stereocenters. The van der Waals surface area contributed by atoms with E-state index in [9.17, 15) is 0 Å². The number of nitrogens with zero attached hydrogens (tertiary/aromatic N) is 2. The van der Waals surface area contributed by atoms with Crippen LogP contribution in [0.1, 0.15) is 22.9 Å². The Morgan fingerprint density at radius 2 is 0.938 bits per heavy atom. The SMILES string of the molecule is c1ccc(Cc2nc3cc(-c4ccc5oc(Cc6ccccc6)nc5c4)ccc3o2)cc1. The summed E-state index contributed by atoms with van der Waals surface area (Å²) in [5.41, 5.74) is 7.83. The van der Waals surface area contributed by atoms with Gasteiger partial charge >= 0.3 is 0 Å². The van der Waals surface area contributed by atoms with Crippen molar-refractivity contribution in [1.29, 1.82) is 0 Å². The number of rotatable bonds is 5. The molecule has 0 bridgehead atoms. The lowest BCUT2D eigenvalue weighted by molar-refractivity contribution is 0.543. The van der Waals surface area contributed by atoms with Crippen molar-refractivity contribution in [2.75, 3.05) is 0 Å². The molecule has 2 heterocycles. The molecule has 0 aliphatic carbocycles. The zero-order valence-corrected chi connectivity index (χ0v) is 17.4. The largest absolute Gasteiger partial charge is 0.440 e. The maximum Gasteiger partial charge on any atom is 0.199 e. The van der Waals surface area contributed by atoms with Crippen molar-refractivity contribution in [3.8, 4) is 11.1 Å². The Kier molecular flexibility index (Phi) is 4.54. The molecule has 0 unspecified atom stereocenters. The standard InChI is InChI=1S/C28H20N2O2/c1-3-7-19(8-4-1)15-27-29-23-17-21(11-13-25(23)31-27)22-12-14-26-24(18-22)30-28(32-26)16-20-9-5-2-6-10-20/h1-14,17-18H,15-16H2. The Hall–Kier alpha value is -4.18. The molecule has 32 heavy (non-hydrogen) atoms. The van der Waals surface area contributed by atoms with Crippen LogP contribution in [0.3, 0.4) is 0 Å². The van der Waals surface area contributed by atoms with Gasteiger partial charge in [-0.1, -0.05) is 72.8 Å². The van der Waals surface area contributed by atoms with Crippen LogP contribution in [0.25, 0.3) is 33.3 Å². The molecule has 0 aliphatic rings. The summed E-state index contributed by atoms with van der Waals surface area (Å²) in [5.74, 6) is 1.45. The average Bonchev–Trinajstić information content (AvgIpc) is 3.42. The first-order chi connectivity index (χ1) is 15.8. The molecule has 6 aromatic rings. The summed E-state index contributed by atoms with van der Waals surface area (Å²) in [4.78, 5) is 9.41. The van der Waals surface area contributed by atoms with E-state index in [0.29, 0.717) is 12.8 Å². The average molecular weight is 416 g/mol. The summed E-state index contributed by atoms with van der Waals surface area (Å²) >= 11 is 0. The van der Waals surface area contributed by atoms with Gasteiger partial charge in [0, 0.05) is 12.8 Å². The molecule has 0 N–H and O–H groups in total. The van der Waals surface area contributed by atoms with E-state index in [-0.39, 0.29) is 0 Å². The lowest BCUT2D eigenvalue weighted by atomic mass is 10.0. The first-order valence-corrected chi connectivity index (χ1v) is 10.7. The maximum absolute atomic E-state index is 5.95. The van der Waals surface area contributed by atoms with Gasteiger partial charge in [0.15, 0.2) is 22.9 Å². The van der Waals surface area contributed by atoms with Gasteiger partial charge in [0.2, 0.25) is 0 Å². The maximum atomic E-state index is 5.95. The summed E-state index contributed by atoms with van der Waals surface area (Å²) in [7, 11) is 0. The number of hydrogen-bond donors (Lipinski definition) is 0. The van der Waals surface area contributed by atoms with Gasteiger partial charge in [-0.05, 0) is 46.5 Å². The van der Waals surface area contributed by atoms with Gasteiger partial charge in [-0.2, -0.15) is 0 Å². The smallest absolute Gasteiger partial charge is 0.199 e. The second-order valence-electron chi connectivity index (χ2n) is 7.90. The predicted molar refractivity (Wildman–Crippen MR) is 126 cm³/mol. The van der Waals surface area contributed by atoms with Crippen LogP contribution in [0.5, 0.6) is 0 Å². The van der Waals surface area contributed by atoms with E-state index in [2.05, 4.69) is 48.5 Å². The van der Waals surface area contributed by atoms with Crippen molar-refractivity contribution in [1.82, 2.24) is 9.97 Å². The number of hydrogen-bond acceptors (Lipinski definition) is 4. The van der Waals surface area contributed by atoms with E-state index in [1.807, 2.05) is 48.5 Å². The lowest BCUT2D eigenvalue weighted by Crippen LogP contribution is -1.86. The summed E-state index contributed by atoms with van der Waals surface area (Å²) < 4.78 is 11.9. The number of oxazole rings is 2. The van der Waals surface area contributed by atoms with Crippen LogP contribution >= 0.6 is 0 Å². The van der Waals surface area contributed by atoms with E-state index < -0.39 is 0 Å². The topological polar surface area (TPSA) is 52.1 Å². The molecule has 4 aromatic carbocycles. The van der Waals surface area contributed by atoms with Gasteiger partial charge in [0.25, 0.3) is 0 Å².